The molecule has 4 aromatic rings. The van der Waals surface area contributed by atoms with Crippen LogP contribution >= 0.6 is 23.4 Å². The molecule has 0 aliphatic heterocycles. The number of halogens is 1. The van der Waals surface area contributed by atoms with Gasteiger partial charge in [0.1, 0.15) is 12.4 Å². The van der Waals surface area contributed by atoms with Gasteiger partial charge in [-0.2, -0.15) is 11.8 Å². The summed E-state index contributed by atoms with van der Waals surface area (Å²) < 4.78 is 10.5. The zero-order valence-corrected chi connectivity index (χ0v) is 27.3. The van der Waals surface area contributed by atoms with Gasteiger partial charge in [0.25, 0.3) is 0 Å². The minimum Gasteiger partial charge on any atom is -0.481 e. The molecular weight excluding hydrogens is 606 g/mol. The Morgan fingerprint density at radius 2 is 1.89 bits per heavy atom. The normalized spacial score (nSPS) is 16.1. The summed E-state index contributed by atoms with van der Waals surface area (Å²) >= 11 is 8.03. The van der Waals surface area contributed by atoms with Crippen molar-refractivity contribution in [2.75, 3.05) is 26.3 Å². The lowest BCUT2D eigenvalue weighted by Gasteiger charge is -2.27. The van der Waals surface area contributed by atoms with Gasteiger partial charge in [0.15, 0.2) is 0 Å². The number of aliphatic hydroxyl groups is 1. The number of rotatable bonds is 16. The van der Waals surface area contributed by atoms with Crippen LogP contribution in [0.15, 0.2) is 78.9 Å². The van der Waals surface area contributed by atoms with Gasteiger partial charge in [-0.25, -0.2) is 4.98 Å². The van der Waals surface area contributed by atoms with Crippen molar-refractivity contribution in [2.24, 2.45) is 5.41 Å². The first-order valence-corrected chi connectivity index (χ1v) is 16.6. The van der Waals surface area contributed by atoms with Crippen LogP contribution in [0.25, 0.3) is 23.1 Å². The summed E-state index contributed by atoms with van der Waals surface area (Å²) in [5.74, 6) is 0.0749. The summed E-state index contributed by atoms with van der Waals surface area (Å²) in [6, 6.07) is 26.2. The maximum absolute atomic E-state index is 11.6. The van der Waals surface area contributed by atoms with E-state index in [1.165, 1.54) is 5.56 Å². The second-order valence-corrected chi connectivity index (χ2v) is 13.8. The number of hydrogen-bond acceptors (Lipinski definition) is 6. The number of carbonyl (C=O) groups is 1. The van der Waals surface area contributed by atoms with E-state index in [0.717, 1.165) is 64.7 Å². The Bertz CT molecular complexity index is 1650. The number of fused-ring (bicyclic) bond motifs is 1. The maximum Gasteiger partial charge on any atom is 0.303 e. The van der Waals surface area contributed by atoms with Crippen LogP contribution in [0.2, 0.25) is 5.02 Å². The van der Waals surface area contributed by atoms with Crippen molar-refractivity contribution in [2.45, 2.75) is 49.9 Å². The van der Waals surface area contributed by atoms with Gasteiger partial charge in [-0.15, -0.1) is 0 Å². The molecule has 8 heteroatoms. The molecule has 0 radical (unpaired) electrons. The van der Waals surface area contributed by atoms with Gasteiger partial charge in [0, 0.05) is 28.5 Å². The molecule has 1 aromatic heterocycles. The molecule has 0 unspecified atom stereocenters. The summed E-state index contributed by atoms with van der Waals surface area (Å²) in [5.41, 5.74) is 4.60. The summed E-state index contributed by atoms with van der Waals surface area (Å²) in [6.07, 6.45) is 7.80. The zero-order valence-electron chi connectivity index (χ0n) is 25.7. The molecule has 0 spiro atoms. The lowest BCUT2D eigenvalue weighted by Crippen LogP contribution is -2.29. The van der Waals surface area contributed by atoms with E-state index >= 15 is 0 Å². The molecule has 2 N–H and O–H groups in total. The van der Waals surface area contributed by atoms with E-state index in [0.29, 0.717) is 5.02 Å². The molecule has 1 aliphatic carbocycles. The van der Waals surface area contributed by atoms with E-state index in [1.807, 2.05) is 66.4 Å². The van der Waals surface area contributed by atoms with E-state index in [1.54, 1.807) is 14.0 Å². The third kappa shape index (κ3) is 9.18. The lowest BCUT2D eigenvalue weighted by atomic mass is 9.89. The van der Waals surface area contributed by atoms with Gasteiger partial charge in [0.2, 0.25) is 0 Å². The molecule has 1 aliphatic rings. The smallest absolute Gasteiger partial charge is 0.303 e. The summed E-state index contributed by atoms with van der Waals surface area (Å²) in [4.78, 5) is 16.3. The second-order valence-electron chi connectivity index (χ2n) is 12.2. The van der Waals surface area contributed by atoms with Crippen molar-refractivity contribution in [3.8, 4) is 0 Å². The largest absolute Gasteiger partial charge is 0.481 e. The lowest BCUT2D eigenvalue weighted by molar-refractivity contribution is -0.138. The van der Waals surface area contributed by atoms with Crippen LogP contribution in [0.5, 0.6) is 0 Å². The quantitative estimate of drug-likeness (QED) is 0.0932. The number of methoxy groups -OCH3 is 1. The van der Waals surface area contributed by atoms with Crippen molar-refractivity contribution in [1.29, 1.82) is 0 Å². The average Bonchev–Trinajstić information content (AvgIpc) is 3.78. The topological polar surface area (TPSA) is 88.9 Å². The number of benzene rings is 3. The predicted molar refractivity (Wildman–Crippen MR) is 183 cm³/mol. The van der Waals surface area contributed by atoms with Gasteiger partial charge >= 0.3 is 5.97 Å². The Hall–Kier alpha value is -3.20. The average molecular weight is 646 g/mol. The molecule has 6 nitrogen and oxygen atoms in total. The van der Waals surface area contributed by atoms with Gasteiger partial charge < -0.3 is 19.7 Å². The molecule has 1 fully saturated rings. The molecule has 3 aromatic carbocycles. The Kier molecular flexibility index (Phi) is 11.0. The number of thioether (sulfide) groups is 1. The summed E-state index contributed by atoms with van der Waals surface area (Å²) in [6.45, 7) is 2.01. The summed E-state index contributed by atoms with van der Waals surface area (Å²) in [5, 5.41) is 22.6. The molecule has 0 bridgehead atoms. The third-order valence-corrected chi connectivity index (χ3v) is 10.3. The molecule has 0 amide bonds. The molecule has 2 atom stereocenters. The highest BCUT2D eigenvalue weighted by atomic mass is 35.5. The maximum atomic E-state index is 11.6. The van der Waals surface area contributed by atoms with Crippen LogP contribution in [0.3, 0.4) is 0 Å². The molecule has 0 saturated heterocycles. The van der Waals surface area contributed by atoms with Crippen LogP contribution in [0.4, 0.5) is 0 Å². The van der Waals surface area contributed by atoms with Gasteiger partial charge in [-0.1, -0.05) is 78.3 Å². The number of hydrogen-bond donors (Lipinski definition) is 2. The van der Waals surface area contributed by atoms with Crippen LogP contribution in [-0.4, -0.2) is 47.4 Å². The fraction of sp³-hybridized carbons (Fsp3) is 0.351. The highest BCUT2D eigenvalue weighted by molar-refractivity contribution is 7.99. The van der Waals surface area contributed by atoms with Crippen molar-refractivity contribution >= 4 is 52.4 Å². The number of ether oxygens (including phenoxy) is 2. The first-order valence-electron chi connectivity index (χ1n) is 15.2. The van der Waals surface area contributed by atoms with Gasteiger partial charge in [-0.3, -0.25) is 4.79 Å². The number of aliphatic carboxylic acids is 1. The highest BCUT2D eigenvalue weighted by Gasteiger charge is 2.44. The number of aryl methyl sites for hydroxylation is 1. The van der Waals surface area contributed by atoms with Crippen LogP contribution in [0, 0.1) is 5.41 Å². The second kappa shape index (κ2) is 14.9. The van der Waals surface area contributed by atoms with Crippen LogP contribution in [-0.2, 0) is 26.3 Å². The summed E-state index contributed by atoms with van der Waals surface area (Å²) in [7, 11) is 1.56. The van der Waals surface area contributed by atoms with E-state index in [9.17, 15) is 15.0 Å². The van der Waals surface area contributed by atoms with Gasteiger partial charge in [-0.05, 0) is 84.6 Å². The van der Waals surface area contributed by atoms with Crippen LogP contribution in [0.1, 0.15) is 65.8 Å². The standard InChI is InChI=1S/C37H40ClNO5S/c1-36(42,23-44-25-43-2)32-9-4-3-7-27(32)13-17-34(45-24-37(18-19-37)22-35(40)41)29-8-5-6-26(20-29)10-15-31-16-12-28-11-14-30(38)21-33(28)39-31/h3-12,14-16,20-21,34,42H,13,17-19,22-25H2,1-2H3,(H,40,41)/b15-10+/t34-,36+/m1/s1. The van der Waals surface area contributed by atoms with Crippen molar-refractivity contribution < 1.29 is 24.5 Å². The molecule has 1 saturated carbocycles. The molecule has 45 heavy (non-hydrogen) atoms. The molecule has 236 valence electrons. The third-order valence-electron chi connectivity index (χ3n) is 8.34. The number of aromatic nitrogens is 1. The fourth-order valence-electron chi connectivity index (χ4n) is 5.69. The molecular formula is C37H40ClNO5S. The van der Waals surface area contributed by atoms with Gasteiger partial charge in [0.05, 0.1) is 24.2 Å². The highest BCUT2D eigenvalue weighted by Crippen LogP contribution is 2.53. The Morgan fingerprint density at radius 3 is 2.67 bits per heavy atom. The van der Waals surface area contributed by atoms with Crippen molar-refractivity contribution in [3.63, 3.8) is 0 Å². The minimum atomic E-state index is -1.16. The van der Waals surface area contributed by atoms with Crippen molar-refractivity contribution in [1.82, 2.24) is 4.98 Å². The number of carboxylic acid groups (broad SMARTS) is 1. The number of nitrogens with zero attached hydrogens (tertiary/aromatic N) is 1. The Labute approximate surface area is 274 Å². The number of carboxylic acids is 1. The first-order chi connectivity index (χ1) is 21.7. The SMILES string of the molecule is COCOC[C@](C)(O)c1ccccc1CC[C@@H](SCC1(CC(=O)O)CC1)c1cccc(/C=C/c2ccc3ccc(Cl)cc3n2)c1. The molecule has 1 heterocycles. The van der Waals surface area contributed by atoms with Crippen LogP contribution < -0.4 is 0 Å². The van der Waals surface area contributed by atoms with Crippen molar-refractivity contribution in [3.05, 3.63) is 112 Å². The van der Waals surface area contributed by atoms with E-state index in [4.69, 9.17) is 26.1 Å². The predicted octanol–water partition coefficient (Wildman–Crippen LogP) is 8.55. The van der Waals surface area contributed by atoms with E-state index in [-0.39, 0.29) is 30.5 Å². The minimum absolute atomic E-state index is 0.114. The molecule has 5 rings (SSSR count). The Morgan fingerprint density at radius 1 is 1.09 bits per heavy atom. The number of pyridine rings is 1. The van der Waals surface area contributed by atoms with E-state index in [2.05, 4.69) is 36.4 Å². The van der Waals surface area contributed by atoms with E-state index < -0.39 is 11.6 Å². The Balaban J connectivity index is 1.36. The first kappa shape index (κ1) is 33.2. The monoisotopic (exact) mass is 645 g/mol. The zero-order chi connectivity index (χ0) is 31.9. The fourth-order valence-corrected chi connectivity index (χ4v) is 7.42.